The molecule has 130 valence electrons. The number of rotatable bonds is 5. The number of halogens is 1. The number of hydrogen-bond donors (Lipinski definition) is 1. The second-order valence-electron chi connectivity index (χ2n) is 5.76. The molecular formula is C19H18INO4. The van der Waals surface area contributed by atoms with Gasteiger partial charge in [-0.25, -0.2) is 9.59 Å². The third kappa shape index (κ3) is 3.78. The van der Waals surface area contributed by atoms with Crippen LogP contribution in [-0.4, -0.2) is 29.3 Å². The number of fused-ring (bicyclic) bond motifs is 3. The Morgan fingerprint density at radius 2 is 1.60 bits per heavy atom. The molecule has 0 saturated heterocycles. The molecule has 0 aliphatic heterocycles. The summed E-state index contributed by atoms with van der Waals surface area (Å²) >= 11 is 1.93. The van der Waals surface area contributed by atoms with E-state index in [4.69, 9.17) is 9.47 Å². The first-order chi connectivity index (χ1) is 12.1. The van der Waals surface area contributed by atoms with E-state index in [0.717, 1.165) is 11.1 Å². The molecule has 0 fully saturated rings. The monoisotopic (exact) mass is 451 g/mol. The molecule has 0 bridgehead atoms. The number of benzene rings is 2. The first kappa shape index (κ1) is 17.7. The fourth-order valence-electron chi connectivity index (χ4n) is 3.05. The van der Waals surface area contributed by atoms with Gasteiger partial charge in [0.15, 0.2) is 0 Å². The Balaban J connectivity index is 1.67. The van der Waals surface area contributed by atoms with Crippen molar-refractivity contribution in [2.75, 3.05) is 11.2 Å². The van der Waals surface area contributed by atoms with Crippen LogP contribution in [0.15, 0.2) is 48.5 Å². The Morgan fingerprint density at radius 1 is 1.04 bits per heavy atom. The molecule has 6 heteroatoms. The fraction of sp³-hybridized carbons (Fsp3) is 0.263. The van der Waals surface area contributed by atoms with Gasteiger partial charge in [0, 0.05) is 5.92 Å². The predicted molar refractivity (Wildman–Crippen MR) is 103 cm³/mol. The van der Waals surface area contributed by atoms with Crippen molar-refractivity contribution in [3.05, 3.63) is 59.7 Å². The molecule has 25 heavy (non-hydrogen) atoms. The van der Waals surface area contributed by atoms with Gasteiger partial charge in [0.1, 0.15) is 17.3 Å². The molecule has 1 atom stereocenters. The Kier molecular flexibility index (Phi) is 5.57. The third-order valence-electron chi connectivity index (χ3n) is 4.23. The molecule has 1 aliphatic carbocycles. The molecular weight excluding hydrogens is 433 g/mol. The van der Waals surface area contributed by atoms with Crippen LogP contribution in [0.25, 0.3) is 11.1 Å². The summed E-state index contributed by atoms with van der Waals surface area (Å²) in [7, 11) is 0. The molecule has 0 radical (unpaired) electrons. The van der Waals surface area contributed by atoms with Crippen LogP contribution in [0, 0.1) is 0 Å². The van der Waals surface area contributed by atoms with Crippen LogP contribution in [-0.2, 0) is 14.3 Å². The van der Waals surface area contributed by atoms with Gasteiger partial charge in [-0.2, -0.15) is 0 Å². The van der Waals surface area contributed by atoms with Crippen molar-refractivity contribution in [2.45, 2.75) is 18.9 Å². The minimum Gasteiger partial charge on any atom is -0.453 e. The van der Waals surface area contributed by atoms with Gasteiger partial charge in [0.05, 0.1) is 0 Å². The molecule has 0 unspecified atom stereocenters. The maximum atomic E-state index is 12.0. The smallest absolute Gasteiger partial charge is 0.407 e. The van der Waals surface area contributed by atoms with Gasteiger partial charge < -0.3 is 14.8 Å². The van der Waals surface area contributed by atoms with Gasteiger partial charge in [-0.3, -0.25) is 0 Å². The second kappa shape index (κ2) is 7.86. The van der Waals surface area contributed by atoms with Crippen LogP contribution in [0.1, 0.15) is 24.0 Å². The molecule has 1 aliphatic rings. The average Bonchev–Trinajstić information content (AvgIpc) is 2.94. The summed E-state index contributed by atoms with van der Waals surface area (Å²) in [6, 6.07) is 15.5. The number of carbonyl (C=O) groups is 2. The molecule has 0 spiro atoms. The summed E-state index contributed by atoms with van der Waals surface area (Å²) in [5, 5.41) is 2.50. The quantitative estimate of drug-likeness (QED) is 0.426. The Labute approximate surface area is 159 Å². The molecule has 0 heterocycles. The summed E-state index contributed by atoms with van der Waals surface area (Å²) in [5.41, 5.74) is 4.64. The molecule has 0 aromatic heterocycles. The third-order valence-corrected chi connectivity index (χ3v) is 4.54. The van der Waals surface area contributed by atoms with E-state index < -0.39 is 18.1 Å². The van der Waals surface area contributed by atoms with Crippen LogP contribution in [0.2, 0.25) is 0 Å². The second-order valence-corrected chi connectivity index (χ2v) is 6.39. The Hall–Kier alpha value is -2.09. The minimum atomic E-state index is -0.745. The van der Waals surface area contributed by atoms with Gasteiger partial charge >= 0.3 is 12.1 Å². The molecule has 1 N–H and O–H groups in total. The zero-order valence-corrected chi connectivity index (χ0v) is 15.9. The number of esters is 1. The highest BCUT2D eigenvalue weighted by Gasteiger charge is 2.29. The normalized spacial score (nSPS) is 13.5. The van der Waals surface area contributed by atoms with Crippen molar-refractivity contribution >= 4 is 34.7 Å². The van der Waals surface area contributed by atoms with Gasteiger partial charge in [0.25, 0.3) is 0 Å². The van der Waals surface area contributed by atoms with Crippen LogP contribution in [0.4, 0.5) is 4.79 Å². The summed E-state index contributed by atoms with van der Waals surface area (Å²) in [5.74, 6) is -0.488. The highest BCUT2D eigenvalue weighted by Crippen LogP contribution is 2.44. The first-order valence-electron chi connectivity index (χ1n) is 7.96. The van der Waals surface area contributed by atoms with Crippen molar-refractivity contribution in [1.29, 1.82) is 0 Å². The standard InChI is InChI=1S/C19H18INO4/c1-12(18(22)25-11-20)21-19(23)24-10-17-15-8-4-2-6-13(15)14-7-3-5-9-16(14)17/h2-9,12,17H,10-11H2,1H3,(H,21,23)/t12-/m0/s1. The lowest BCUT2D eigenvalue weighted by Crippen LogP contribution is -2.40. The molecule has 0 saturated carbocycles. The maximum absolute atomic E-state index is 12.0. The summed E-state index contributed by atoms with van der Waals surface area (Å²) in [4.78, 5) is 23.6. The van der Waals surface area contributed by atoms with E-state index in [-0.39, 0.29) is 17.1 Å². The van der Waals surface area contributed by atoms with Gasteiger partial charge in [0.2, 0.25) is 0 Å². The number of hydrogen-bond acceptors (Lipinski definition) is 4. The lowest BCUT2D eigenvalue weighted by Gasteiger charge is -2.16. The molecule has 2 aromatic rings. The molecule has 5 nitrogen and oxygen atoms in total. The van der Waals surface area contributed by atoms with E-state index >= 15 is 0 Å². The van der Waals surface area contributed by atoms with E-state index in [9.17, 15) is 9.59 Å². The van der Waals surface area contributed by atoms with Crippen molar-refractivity contribution in [1.82, 2.24) is 5.32 Å². The number of amides is 1. The highest BCUT2D eigenvalue weighted by atomic mass is 127. The van der Waals surface area contributed by atoms with E-state index in [1.165, 1.54) is 11.1 Å². The van der Waals surface area contributed by atoms with Crippen LogP contribution in [0.3, 0.4) is 0 Å². The topological polar surface area (TPSA) is 64.6 Å². The summed E-state index contributed by atoms with van der Waals surface area (Å²) in [6.45, 7) is 1.78. The summed E-state index contributed by atoms with van der Waals surface area (Å²) < 4.78 is 10.5. The summed E-state index contributed by atoms with van der Waals surface area (Å²) in [6.07, 6.45) is -0.625. The van der Waals surface area contributed by atoms with Crippen molar-refractivity contribution < 1.29 is 19.1 Å². The van der Waals surface area contributed by atoms with Gasteiger partial charge in [-0.1, -0.05) is 48.5 Å². The number of alkyl halides is 1. The minimum absolute atomic E-state index is 0.00486. The zero-order chi connectivity index (χ0) is 17.8. The number of ether oxygens (including phenoxy) is 2. The Bertz CT molecular complexity index is 747. The highest BCUT2D eigenvalue weighted by molar-refractivity contribution is 14.1. The molecule has 2 aromatic carbocycles. The zero-order valence-electron chi connectivity index (χ0n) is 13.7. The predicted octanol–water partition coefficient (Wildman–Crippen LogP) is 3.85. The number of nitrogens with one attached hydrogen (secondary N) is 1. The fourth-order valence-corrected chi connectivity index (χ4v) is 3.36. The van der Waals surface area contributed by atoms with Crippen LogP contribution in [0.5, 0.6) is 0 Å². The van der Waals surface area contributed by atoms with E-state index in [2.05, 4.69) is 29.6 Å². The van der Waals surface area contributed by atoms with E-state index in [1.54, 1.807) is 6.92 Å². The Morgan fingerprint density at radius 3 is 2.16 bits per heavy atom. The van der Waals surface area contributed by atoms with E-state index in [0.29, 0.717) is 0 Å². The lowest BCUT2D eigenvalue weighted by molar-refractivity contribution is -0.142. The van der Waals surface area contributed by atoms with Crippen molar-refractivity contribution in [3.8, 4) is 11.1 Å². The number of alkyl carbamates (subject to hydrolysis) is 1. The van der Waals surface area contributed by atoms with Gasteiger partial charge in [-0.05, 0) is 51.8 Å². The average molecular weight is 451 g/mol. The maximum Gasteiger partial charge on any atom is 0.407 e. The van der Waals surface area contributed by atoms with Crippen LogP contribution >= 0.6 is 22.6 Å². The molecule has 3 rings (SSSR count). The van der Waals surface area contributed by atoms with Crippen LogP contribution < -0.4 is 5.32 Å². The van der Waals surface area contributed by atoms with Crippen molar-refractivity contribution in [2.24, 2.45) is 0 Å². The largest absolute Gasteiger partial charge is 0.453 e. The first-order valence-corrected chi connectivity index (χ1v) is 9.48. The SMILES string of the molecule is C[C@H](NC(=O)OCC1c2ccccc2-c2ccccc21)C(=O)OCI. The van der Waals surface area contributed by atoms with Gasteiger partial charge in [-0.15, -0.1) is 0 Å². The van der Waals surface area contributed by atoms with Crippen molar-refractivity contribution in [3.63, 3.8) is 0 Å². The number of carbonyl (C=O) groups excluding carboxylic acids is 2. The van der Waals surface area contributed by atoms with E-state index in [1.807, 2.05) is 46.9 Å². The molecule has 1 amide bonds. The lowest BCUT2D eigenvalue weighted by atomic mass is 9.98.